The van der Waals surface area contributed by atoms with Crippen LogP contribution >= 0.6 is 11.6 Å². The molecule has 0 unspecified atom stereocenters. The summed E-state index contributed by atoms with van der Waals surface area (Å²) in [6.07, 6.45) is 1.44. The maximum atomic E-state index is 12.5. The highest BCUT2D eigenvalue weighted by atomic mass is 35.5. The molecule has 1 heterocycles. The van der Waals surface area contributed by atoms with Crippen LogP contribution < -0.4 is 14.8 Å². The fraction of sp³-hybridized carbons (Fsp3) is 0.125. The number of carbonyl (C=O) groups excluding carboxylic acids is 2. The van der Waals surface area contributed by atoms with Gasteiger partial charge in [-0.2, -0.15) is 5.26 Å². The van der Waals surface area contributed by atoms with Gasteiger partial charge < -0.3 is 23.9 Å². The van der Waals surface area contributed by atoms with Gasteiger partial charge in [-0.25, -0.2) is 4.79 Å². The molecule has 0 aliphatic carbocycles. The molecule has 9 heteroatoms. The molecular weight excluding hydrogens is 448 g/mol. The quantitative estimate of drug-likeness (QED) is 0.287. The van der Waals surface area contributed by atoms with E-state index in [9.17, 15) is 14.9 Å². The monoisotopic (exact) mass is 466 g/mol. The number of halogens is 1. The number of hydrogen-bond acceptors (Lipinski definition) is 7. The molecule has 33 heavy (non-hydrogen) atoms. The molecule has 0 bridgehead atoms. The second-order valence-corrected chi connectivity index (χ2v) is 7.02. The number of rotatable bonds is 8. The van der Waals surface area contributed by atoms with Crippen molar-refractivity contribution in [3.05, 3.63) is 82.3 Å². The third-order valence-corrected chi connectivity index (χ3v) is 4.64. The van der Waals surface area contributed by atoms with Crippen molar-refractivity contribution < 1.29 is 28.2 Å². The van der Waals surface area contributed by atoms with Crippen molar-refractivity contribution >= 4 is 35.2 Å². The topological polar surface area (TPSA) is 111 Å². The van der Waals surface area contributed by atoms with Gasteiger partial charge >= 0.3 is 5.97 Å². The van der Waals surface area contributed by atoms with Crippen LogP contribution in [0.2, 0.25) is 5.02 Å². The minimum atomic E-state index is -0.580. The summed E-state index contributed by atoms with van der Waals surface area (Å²) in [5.41, 5.74) is 0.986. The van der Waals surface area contributed by atoms with E-state index in [1.54, 1.807) is 48.5 Å². The van der Waals surface area contributed by atoms with Crippen molar-refractivity contribution in [1.82, 2.24) is 0 Å². The lowest BCUT2D eigenvalue weighted by molar-refractivity contribution is -0.112. The fourth-order valence-corrected chi connectivity index (χ4v) is 2.88. The second kappa shape index (κ2) is 10.9. The Morgan fingerprint density at radius 1 is 1.09 bits per heavy atom. The van der Waals surface area contributed by atoms with Crippen LogP contribution in [0.5, 0.6) is 11.5 Å². The number of esters is 1. The highest BCUT2D eigenvalue weighted by Crippen LogP contribution is 2.30. The van der Waals surface area contributed by atoms with Crippen LogP contribution in [-0.2, 0) is 16.1 Å². The smallest absolute Gasteiger partial charge is 0.373 e. The Morgan fingerprint density at radius 2 is 1.85 bits per heavy atom. The van der Waals surface area contributed by atoms with Crippen LogP contribution in [0.1, 0.15) is 21.9 Å². The Kier molecular flexibility index (Phi) is 7.73. The molecule has 3 aromatic rings. The molecule has 2 aromatic carbocycles. The van der Waals surface area contributed by atoms with Gasteiger partial charge in [0.2, 0.25) is 5.76 Å². The van der Waals surface area contributed by atoms with Crippen molar-refractivity contribution in [2.24, 2.45) is 0 Å². The van der Waals surface area contributed by atoms with Gasteiger partial charge in [-0.1, -0.05) is 17.7 Å². The lowest BCUT2D eigenvalue weighted by Crippen LogP contribution is -2.13. The molecule has 1 N–H and O–H groups in total. The van der Waals surface area contributed by atoms with Gasteiger partial charge in [0.25, 0.3) is 5.91 Å². The molecule has 0 atom stereocenters. The van der Waals surface area contributed by atoms with E-state index in [1.165, 1.54) is 26.4 Å². The summed E-state index contributed by atoms with van der Waals surface area (Å²) in [4.78, 5) is 23.9. The summed E-state index contributed by atoms with van der Waals surface area (Å²) in [7, 11) is 2.73. The third kappa shape index (κ3) is 6.15. The Balaban J connectivity index is 1.72. The van der Waals surface area contributed by atoms with E-state index in [0.29, 0.717) is 33.5 Å². The van der Waals surface area contributed by atoms with E-state index in [-0.39, 0.29) is 17.9 Å². The zero-order valence-corrected chi connectivity index (χ0v) is 18.5. The molecule has 0 aliphatic rings. The minimum Gasteiger partial charge on any atom is -0.493 e. The van der Waals surface area contributed by atoms with Crippen molar-refractivity contribution in [2.75, 3.05) is 19.5 Å². The summed E-state index contributed by atoms with van der Waals surface area (Å²) in [5.74, 6) is 0.159. The fourth-order valence-electron chi connectivity index (χ4n) is 2.75. The Labute approximate surface area is 194 Å². The van der Waals surface area contributed by atoms with Crippen LogP contribution in [0, 0.1) is 11.3 Å². The molecule has 0 aliphatic heterocycles. The maximum Gasteiger partial charge on any atom is 0.373 e. The van der Waals surface area contributed by atoms with E-state index in [0.717, 1.165) is 0 Å². The Morgan fingerprint density at radius 3 is 2.52 bits per heavy atom. The van der Waals surface area contributed by atoms with E-state index >= 15 is 0 Å². The van der Waals surface area contributed by atoms with Crippen LogP contribution in [0.4, 0.5) is 5.69 Å². The van der Waals surface area contributed by atoms with E-state index in [1.807, 2.05) is 6.07 Å². The van der Waals surface area contributed by atoms with Gasteiger partial charge in [0.05, 0.1) is 14.2 Å². The Bertz CT molecular complexity index is 1220. The molecule has 1 aromatic heterocycles. The number of hydrogen-bond donors (Lipinski definition) is 1. The molecule has 0 radical (unpaired) electrons. The van der Waals surface area contributed by atoms with E-state index < -0.39 is 11.9 Å². The predicted molar refractivity (Wildman–Crippen MR) is 121 cm³/mol. The van der Waals surface area contributed by atoms with E-state index in [4.69, 9.17) is 25.5 Å². The average molecular weight is 467 g/mol. The molecule has 0 saturated carbocycles. The van der Waals surface area contributed by atoms with Gasteiger partial charge in [0, 0.05) is 10.7 Å². The van der Waals surface area contributed by atoms with Crippen molar-refractivity contribution in [3.63, 3.8) is 0 Å². The molecule has 0 fully saturated rings. The van der Waals surface area contributed by atoms with Gasteiger partial charge in [0.1, 0.15) is 24.0 Å². The lowest BCUT2D eigenvalue weighted by Gasteiger charge is -2.11. The molecule has 0 spiro atoms. The molecule has 3 rings (SSSR count). The molecular formula is C24H19ClN2O6. The number of furan rings is 1. The number of methoxy groups -OCH3 is 2. The number of amides is 1. The van der Waals surface area contributed by atoms with E-state index in [2.05, 4.69) is 10.1 Å². The molecule has 8 nitrogen and oxygen atoms in total. The molecule has 168 valence electrons. The normalized spacial score (nSPS) is 10.8. The highest BCUT2D eigenvalue weighted by molar-refractivity contribution is 6.30. The summed E-state index contributed by atoms with van der Waals surface area (Å²) in [6.45, 7) is 0.0511. The van der Waals surface area contributed by atoms with Gasteiger partial charge in [-0.3, -0.25) is 4.79 Å². The first kappa shape index (κ1) is 23.4. The van der Waals surface area contributed by atoms with Gasteiger partial charge in [0.15, 0.2) is 11.5 Å². The molecule has 0 saturated heterocycles. The standard InChI is InChI=1S/C24H19ClN2O6/c1-30-22-12-15(11-16(13-26)23(28)27-18-6-4-17(25)5-7-18)3-9-20(22)32-14-19-8-10-21(33-19)24(29)31-2/h3-12H,14H2,1-2H3,(H,27,28)/b16-11+. The van der Waals surface area contributed by atoms with Crippen LogP contribution in [-0.4, -0.2) is 26.1 Å². The first-order chi connectivity index (χ1) is 15.9. The SMILES string of the molecule is COC(=O)c1ccc(COc2ccc(/C=C(\C#N)C(=O)Nc3ccc(Cl)cc3)cc2OC)o1. The zero-order chi connectivity index (χ0) is 23.8. The summed E-state index contributed by atoms with van der Waals surface area (Å²) in [5, 5.41) is 12.6. The number of nitriles is 1. The number of ether oxygens (including phenoxy) is 3. The summed E-state index contributed by atoms with van der Waals surface area (Å²) < 4.78 is 21.0. The first-order valence-corrected chi connectivity index (χ1v) is 9.98. The number of nitrogens with one attached hydrogen (secondary N) is 1. The highest BCUT2D eigenvalue weighted by Gasteiger charge is 2.14. The average Bonchev–Trinajstić information content (AvgIpc) is 3.31. The van der Waals surface area contributed by atoms with Crippen LogP contribution in [0.15, 0.2) is 64.6 Å². The van der Waals surface area contributed by atoms with Crippen molar-refractivity contribution in [2.45, 2.75) is 6.61 Å². The first-order valence-electron chi connectivity index (χ1n) is 9.60. The Hall–Kier alpha value is -4.22. The minimum absolute atomic E-state index is 0.0511. The lowest BCUT2D eigenvalue weighted by atomic mass is 10.1. The number of carbonyl (C=O) groups is 2. The number of nitrogens with zero attached hydrogens (tertiary/aromatic N) is 1. The number of benzene rings is 2. The number of anilines is 1. The van der Waals surface area contributed by atoms with Crippen molar-refractivity contribution in [1.29, 1.82) is 5.26 Å². The maximum absolute atomic E-state index is 12.5. The summed E-state index contributed by atoms with van der Waals surface area (Å²) in [6, 6.07) is 16.5. The predicted octanol–water partition coefficient (Wildman–Crippen LogP) is 4.85. The summed E-state index contributed by atoms with van der Waals surface area (Å²) >= 11 is 5.84. The van der Waals surface area contributed by atoms with Crippen molar-refractivity contribution in [3.8, 4) is 17.6 Å². The second-order valence-electron chi connectivity index (χ2n) is 6.59. The molecule has 1 amide bonds. The third-order valence-electron chi connectivity index (χ3n) is 4.38. The largest absolute Gasteiger partial charge is 0.493 e. The zero-order valence-electron chi connectivity index (χ0n) is 17.8. The van der Waals surface area contributed by atoms with Gasteiger partial charge in [-0.15, -0.1) is 0 Å². The van der Waals surface area contributed by atoms with Gasteiger partial charge in [-0.05, 0) is 60.2 Å². The van der Waals surface area contributed by atoms with Crippen LogP contribution in [0.3, 0.4) is 0 Å². The van der Waals surface area contributed by atoms with Crippen LogP contribution in [0.25, 0.3) is 6.08 Å².